The summed E-state index contributed by atoms with van der Waals surface area (Å²) in [6.07, 6.45) is 4.74. The minimum atomic E-state index is -0.949. The lowest BCUT2D eigenvalue weighted by Crippen LogP contribution is -2.52. The van der Waals surface area contributed by atoms with E-state index in [-0.39, 0.29) is 17.4 Å². The van der Waals surface area contributed by atoms with Gasteiger partial charge in [0.15, 0.2) is 11.5 Å². The fourth-order valence-corrected chi connectivity index (χ4v) is 6.21. The molecule has 5 nitrogen and oxygen atoms in total. The predicted molar refractivity (Wildman–Crippen MR) is 123 cm³/mol. The fourth-order valence-electron chi connectivity index (χ4n) is 6.02. The lowest BCUT2D eigenvalue weighted by atomic mass is 9.61. The lowest BCUT2D eigenvalue weighted by molar-refractivity contribution is -0.138. The maximum absolute atomic E-state index is 13.9. The quantitative estimate of drug-likeness (QED) is 0.768. The molecule has 0 saturated heterocycles. The number of ether oxygens (including phenoxy) is 1. The minimum absolute atomic E-state index is 0.0189. The molecule has 1 unspecified atom stereocenters. The van der Waals surface area contributed by atoms with Gasteiger partial charge in [-0.25, -0.2) is 4.99 Å². The molecule has 1 aliphatic heterocycles. The highest BCUT2D eigenvalue weighted by molar-refractivity contribution is 6.30. The molecule has 2 aromatic carbocycles. The van der Waals surface area contributed by atoms with E-state index in [0.29, 0.717) is 17.5 Å². The van der Waals surface area contributed by atoms with Crippen molar-refractivity contribution in [3.05, 3.63) is 58.6 Å². The highest BCUT2D eigenvalue weighted by atomic mass is 35.5. The molecule has 2 N–H and O–H groups in total. The van der Waals surface area contributed by atoms with Gasteiger partial charge in [0.2, 0.25) is 0 Å². The number of amides is 1. The Morgan fingerprint density at radius 1 is 1.19 bits per heavy atom. The third-order valence-electron chi connectivity index (χ3n) is 7.61. The summed E-state index contributed by atoms with van der Waals surface area (Å²) < 4.78 is 5.63. The molecule has 1 fully saturated rings. The van der Waals surface area contributed by atoms with Crippen molar-refractivity contribution in [2.75, 3.05) is 13.7 Å². The zero-order valence-electron chi connectivity index (χ0n) is 18.0. The van der Waals surface area contributed by atoms with Gasteiger partial charge in [-0.2, -0.15) is 0 Å². The Kier molecular flexibility index (Phi) is 4.87. The van der Waals surface area contributed by atoms with Crippen LogP contribution in [0.4, 0.5) is 0 Å². The van der Waals surface area contributed by atoms with Gasteiger partial charge in [0, 0.05) is 24.1 Å². The molecule has 2 aromatic rings. The zero-order chi connectivity index (χ0) is 21.8. The average molecular weight is 438 g/mol. The van der Waals surface area contributed by atoms with Crippen LogP contribution >= 0.6 is 11.6 Å². The van der Waals surface area contributed by atoms with Crippen LogP contribution in [-0.4, -0.2) is 36.5 Å². The number of methoxy groups -OCH3 is 1. The second-order valence-corrected chi connectivity index (χ2v) is 9.44. The topological polar surface area (TPSA) is 67.9 Å². The number of guanidine groups is 1. The van der Waals surface area contributed by atoms with Crippen LogP contribution in [0.2, 0.25) is 5.02 Å². The van der Waals surface area contributed by atoms with Gasteiger partial charge in [-0.05, 0) is 79.5 Å². The number of rotatable bonds is 3. The van der Waals surface area contributed by atoms with Crippen LogP contribution in [0.3, 0.4) is 0 Å². The normalized spacial score (nSPS) is 29.6. The summed E-state index contributed by atoms with van der Waals surface area (Å²) in [6.45, 7) is 2.47. The van der Waals surface area contributed by atoms with E-state index in [1.165, 1.54) is 5.56 Å². The van der Waals surface area contributed by atoms with E-state index in [0.717, 1.165) is 48.8 Å². The first-order valence-corrected chi connectivity index (χ1v) is 11.4. The van der Waals surface area contributed by atoms with Gasteiger partial charge < -0.3 is 10.5 Å². The van der Waals surface area contributed by atoms with Gasteiger partial charge in [-0.15, -0.1) is 0 Å². The molecule has 1 heterocycles. The van der Waals surface area contributed by atoms with Crippen molar-refractivity contribution in [3.8, 4) is 11.1 Å². The molecule has 5 rings (SSSR count). The molecule has 2 aliphatic carbocycles. The van der Waals surface area contributed by atoms with Crippen LogP contribution in [0.25, 0.3) is 11.1 Å². The van der Waals surface area contributed by atoms with E-state index < -0.39 is 5.54 Å². The Morgan fingerprint density at radius 3 is 2.58 bits per heavy atom. The van der Waals surface area contributed by atoms with Gasteiger partial charge in [-0.1, -0.05) is 35.9 Å². The van der Waals surface area contributed by atoms with Crippen LogP contribution < -0.4 is 5.73 Å². The third-order valence-corrected chi connectivity index (χ3v) is 7.84. The largest absolute Gasteiger partial charge is 0.381 e. The standard InChI is InChI=1S/C25H28ClN3O2/c1-3-29-22(30)25(28-23(29)27)21-14-17(16-5-4-6-19(26)13-16)7-8-18(21)15-24(25)11-9-20(31-2)10-12-24/h4-8,13-14,20H,3,9-12,15H2,1-2H3,(H2,27,28). The summed E-state index contributed by atoms with van der Waals surface area (Å²) in [5.74, 6) is 0.354. The Labute approximate surface area is 188 Å². The van der Waals surface area contributed by atoms with Gasteiger partial charge in [0.05, 0.1) is 6.10 Å². The van der Waals surface area contributed by atoms with Crippen molar-refractivity contribution in [2.45, 2.75) is 50.7 Å². The number of carbonyl (C=O) groups is 1. The number of nitrogens with zero attached hydrogens (tertiary/aromatic N) is 2. The maximum atomic E-state index is 13.9. The second-order valence-electron chi connectivity index (χ2n) is 9.00. The first-order chi connectivity index (χ1) is 14.9. The number of fused-ring (bicyclic) bond motifs is 3. The monoisotopic (exact) mass is 437 g/mol. The molecule has 0 radical (unpaired) electrons. The van der Waals surface area contributed by atoms with Crippen molar-refractivity contribution >= 4 is 23.5 Å². The van der Waals surface area contributed by atoms with Crippen LogP contribution in [0, 0.1) is 5.41 Å². The summed E-state index contributed by atoms with van der Waals surface area (Å²) in [5, 5.41) is 0.693. The Bertz CT molecular complexity index is 1070. The van der Waals surface area contributed by atoms with Crippen molar-refractivity contribution in [1.29, 1.82) is 0 Å². The molecule has 31 heavy (non-hydrogen) atoms. The molecule has 1 amide bonds. The Morgan fingerprint density at radius 2 is 1.94 bits per heavy atom. The summed E-state index contributed by atoms with van der Waals surface area (Å²) in [5.41, 5.74) is 9.38. The molecular weight excluding hydrogens is 410 g/mol. The molecule has 1 saturated carbocycles. The smallest absolute Gasteiger partial charge is 0.262 e. The van der Waals surface area contributed by atoms with Gasteiger partial charge in [-0.3, -0.25) is 9.69 Å². The second kappa shape index (κ2) is 7.35. The summed E-state index contributed by atoms with van der Waals surface area (Å²) in [7, 11) is 1.77. The van der Waals surface area contributed by atoms with Crippen molar-refractivity contribution in [2.24, 2.45) is 16.1 Å². The van der Waals surface area contributed by atoms with Gasteiger partial charge >= 0.3 is 0 Å². The number of hydrogen-bond donors (Lipinski definition) is 1. The molecule has 6 heteroatoms. The number of halogens is 1. The van der Waals surface area contributed by atoms with E-state index in [1.807, 2.05) is 31.2 Å². The van der Waals surface area contributed by atoms with E-state index in [2.05, 4.69) is 18.2 Å². The van der Waals surface area contributed by atoms with Gasteiger partial charge in [0.25, 0.3) is 5.91 Å². The summed E-state index contributed by atoms with van der Waals surface area (Å²) in [4.78, 5) is 20.6. The van der Waals surface area contributed by atoms with Crippen LogP contribution in [0.1, 0.15) is 43.7 Å². The van der Waals surface area contributed by atoms with E-state index in [1.54, 1.807) is 12.0 Å². The average Bonchev–Trinajstić information content (AvgIpc) is 3.19. The SMILES string of the molecule is CCN1C(=O)C2(N=C1N)c1cc(-c3cccc(Cl)c3)ccc1CC21CCC(OC)CC1. The van der Waals surface area contributed by atoms with Crippen LogP contribution in [-0.2, 0) is 21.5 Å². The molecule has 2 spiro atoms. The number of likely N-dealkylation sites (N-methyl/N-ethyl adjacent to an activating group) is 1. The maximum Gasteiger partial charge on any atom is 0.262 e. The van der Waals surface area contributed by atoms with Crippen molar-refractivity contribution in [1.82, 2.24) is 4.90 Å². The fraction of sp³-hybridized carbons (Fsp3) is 0.440. The number of benzene rings is 2. The molecule has 1 atom stereocenters. The van der Waals surface area contributed by atoms with E-state index in [9.17, 15) is 4.79 Å². The summed E-state index contributed by atoms with van der Waals surface area (Å²) in [6, 6.07) is 14.3. The molecule has 0 aromatic heterocycles. The Hall–Kier alpha value is -2.37. The molecule has 3 aliphatic rings. The number of aliphatic imine (C=N–C) groups is 1. The number of carbonyl (C=O) groups excluding carboxylic acids is 1. The zero-order valence-corrected chi connectivity index (χ0v) is 18.8. The van der Waals surface area contributed by atoms with E-state index >= 15 is 0 Å². The molecule has 0 bridgehead atoms. The Balaban J connectivity index is 1.68. The number of hydrogen-bond acceptors (Lipinski definition) is 4. The first kappa shape index (κ1) is 20.5. The number of nitrogens with two attached hydrogens (primary N) is 1. The van der Waals surface area contributed by atoms with Gasteiger partial charge in [0.1, 0.15) is 0 Å². The first-order valence-electron chi connectivity index (χ1n) is 11.0. The van der Waals surface area contributed by atoms with Crippen molar-refractivity contribution in [3.63, 3.8) is 0 Å². The predicted octanol–water partition coefficient (Wildman–Crippen LogP) is 4.51. The van der Waals surface area contributed by atoms with Crippen LogP contribution in [0.5, 0.6) is 0 Å². The molecular formula is C25H28ClN3O2. The highest BCUT2D eigenvalue weighted by Crippen LogP contribution is 2.62. The lowest BCUT2D eigenvalue weighted by Gasteiger charge is -2.45. The minimum Gasteiger partial charge on any atom is -0.381 e. The summed E-state index contributed by atoms with van der Waals surface area (Å²) >= 11 is 6.25. The third kappa shape index (κ3) is 2.86. The van der Waals surface area contributed by atoms with Crippen molar-refractivity contribution < 1.29 is 9.53 Å². The molecule has 162 valence electrons. The van der Waals surface area contributed by atoms with Crippen LogP contribution in [0.15, 0.2) is 47.5 Å². The van der Waals surface area contributed by atoms with E-state index in [4.69, 9.17) is 27.1 Å². The highest BCUT2D eigenvalue weighted by Gasteiger charge is 2.66.